The number of ether oxygens (including phenoxy) is 1. The number of carbonyl (C=O) groups is 2. The minimum absolute atomic E-state index is 0.332. The molecule has 0 aromatic heterocycles. The van der Waals surface area contributed by atoms with E-state index in [0.717, 1.165) is 44.9 Å². The van der Waals surface area contributed by atoms with Gasteiger partial charge in [-0.3, -0.25) is 4.79 Å². The summed E-state index contributed by atoms with van der Waals surface area (Å²) in [5.41, 5.74) is 0. The normalized spacial score (nSPS) is 12.3. The summed E-state index contributed by atoms with van der Waals surface area (Å²) in [5, 5.41) is 9.34. The second kappa shape index (κ2) is 24.3. The van der Waals surface area contributed by atoms with E-state index in [4.69, 9.17) is 4.74 Å². The van der Waals surface area contributed by atoms with Crippen LogP contribution in [0.3, 0.4) is 0 Å². The zero-order valence-electron chi connectivity index (χ0n) is 21.3. The van der Waals surface area contributed by atoms with Crippen molar-refractivity contribution in [3.63, 3.8) is 0 Å². The highest BCUT2D eigenvalue weighted by Crippen LogP contribution is 2.14. The van der Waals surface area contributed by atoms with Crippen molar-refractivity contribution in [1.29, 1.82) is 0 Å². The van der Waals surface area contributed by atoms with Gasteiger partial charge in [-0.2, -0.15) is 0 Å². The molecular formula is C28H52O4. The number of aliphatic carboxylic acids is 1. The van der Waals surface area contributed by atoms with Crippen molar-refractivity contribution in [3.8, 4) is 0 Å². The number of allylic oxidation sites excluding steroid dienone is 2. The third-order valence-corrected chi connectivity index (χ3v) is 6.01. The molecule has 0 heterocycles. The van der Waals surface area contributed by atoms with Crippen molar-refractivity contribution in [2.75, 3.05) is 0 Å². The van der Waals surface area contributed by atoms with Crippen molar-refractivity contribution in [3.05, 3.63) is 12.2 Å². The molecule has 32 heavy (non-hydrogen) atoms. The highest BCUT2D eigenvalue weighted by Gasteiger charge is 2.21. The van der Waals surface area contributed by atoms with Crippen LogP contribution < -0.4 is 0 Å². The van der Waals surface area contributed by atoms with Crippen LogP contribution in [0.15, 0.2) is 12.2 Å². The molecule has 0 saturated heterocycles. The number of rotatable bonds is 24. The number of hydrogen-bond donors (Lipinski definition) is 1. The second-order valence-electron chi connectivity index (χ2n) is 9.21. The number of carboxylic acid groups (broad SMARTS) is 1. The lowest BCUT2D eigenvalue weighted by Gasteiger charge is -2.13. The van der Waals surface area contributed by atoms with Crippen LogP contribution in [0.1, 0.15) is 149 Å². The number of hydrogen-bond acceptors (Lipinski definition) is 3. The second-order valence-corrected chi connectivity index (χ2v) is 9.21. The summed E-state index contributed by atoms with van der Waals surface area (Å²) in [7, 11) is 0. The van der Waals surface area contributed by atoms with Crippen LogP contribution >= 0.6 is 0 Å². The predicted molar refractivity (Wildman–Crippen MR) is 135 cm³/mol. The highest BCUT2D eigenvalue weighted by molar-refractivity contribution is 5.77. The highest BCUT2D eigenvalue weighted by atomic mass is 16.6. The first-order valence-corrected chi connectivity index (χ1v) is 13.7. The average molecular weight is 453 g/mol. The molecule has 0 amide bonds. The quantitative estimate of drug-likeness (QED) is 0.0902. The Morgan fingerprint density at radius 3 is 1.69 bits per heavy atom. The van der Waals surface area contributed by atoms with Gasteiger partial charge in [0, 0.05) is 6.42 Å². The van der Waals surface area contributed by atoms with Crippen molar-refractivity contribution in [2.24, 2.45) is 0 Å². The average Bonchev–Trinajstić information content (AvgIpc) is 2.77. The fourth-order valence-electron chi connectivity index (χ4n) is 3.89. The number of esters is 1. The number of unbranched alkanes of at least 4 members (excludes halogenated alkanes) is 16. The molecule has 0 saturated carbocycles. The van der Waals surface area contributed by atoms with Gasteiger partial charge in [0.15, 0.2) is 6.10 Å². The van der Waals surface area contributed by atoms with E-state index in [1.54, 1.807) is 0 Å². The Balaban J connectivity index is 3.65. The van der Waals surface area contributed by atoms with Crippen molar-refractivity contribution < 1.29 is 19.4 Å². The minimum Gasteiger partial charge on any atom is -0.479 e. The number of carboxylic acids is 1. The van der Waals surface area contributed by atoms with Gasteiger partial charge in [-0.25, -0.2) is 4.79 Å². The summed E-state index contributed by atoms with van der Waals surface area (Å²) >= 11 is 0. The van der Waals surface area contributed by atoms with Crippen LogP contribution in [0.4, 0.5) is 0 Å². The summed E-state index contributed by atoms with van der Waals surface area (Å²) in [6.07, 6.45) is 26.6. The van der Waals surface area contributed by atoms with Gasteiger partial charge in [0.05, 0.1) is 0 Å². The van der Waals surface area contributed by atoms with E-state index in [0.29, 0.717) is 12.8 Å². The molecule has 188 valence electrons. The minimum atomic E-state index is -1.01. The molecule has 1 N–H and O–H groups in total. The summed E-state index contributed by atoms with van der Waals surface area (Å²) in [5.74, 6) is -1.37. The third-order valence-electron chi connectivity index (χ3n) is 6.01. The summed E-state index contributed by atoms with van der Waals surface area (Å²) in [6.45, 7) is 4.45. The molecule has 0 aliphatic rings. The van der Waals surface area contributed by atoms with Gasteiger partial charge in [0.2, 0.25) is 0 Å². The molecule has 1 atom stereocenters. The van der Waals surface area contributed by atoms with E-state index in [1.165, 1.54) is 77.0 Å². The number of carbonyl (C=O) groups excluding carboxylic acids is 1. The largest absolute Gasteiger partial charge is 0.479 e. The van der Waals surface area contributed by atoms with Crippen molar-refractivity contribution in [2.45, 2.75) is 155 Å². The first-order chi connectivity index (χ1) is 15.6. The van der Waals surface area contributed by atoms with Gasteiger partial charge in [-0.15, -0.1) is 0 Å². The molecule has 1 unspecified atom stereocenters. The summed E-state index contributed by atoms with van der Waals surface area (Å²) in [6, 6.07) is 0. The molecule has 4 nitrogen and oxygen atoms in total. The van der Waals surface area contributed by atoms with Crippen LogP contribution in [-0.2, 0) is 14.3 Å². The van der Waals surface area contributed by atoms with Crippen LogP contribution in [0.5, 0.6) is 0 Å². The lowest BCUT2D eigenvalue weighted by atomic mass is 10.0. The lowest BCUT2D eigenvalue weighted by molar-refractivity contribution is -0.164. The van der Waals surface area contributed by atoms with Crippen LogP contribution in [0.2, 0.25) is 0 Å². The fraction of sp³-hybridized carbons (Fsp3) is 0.857. The molecule has 0 fully saturated rings. The van der Waals surface area contributed by atoms with Crippen LogP contribution in [-0.4, -0.2) is 23.1 Å². The molecule has 0 spiro atoms. The maximum atomic E-state index is 12.0. The lowest BCUT2D eigenvalue weighted by Crippen LogP contribution is -2.27. The Labute approximate surface area is 198 Å². The fourth-order valence-corrected chi connectivity index (χ4v) is 3.89. The molecule has 0 rings (SSSR count). The zero-order valence-corrected chi connectivity index (χ0v) is 21.3. The van der Waals surface area contributed by atoms with Crippen LogP contribution in [0.25, 0.3) is 0 Å². The Hall–Kier alpha value is -1.32. The van der Waals surface area contributed by atoms with Crippen molar-refractivity contribution >= 4 is 11.9 Å². The van der Waals surface area contributed by atoms with Gasteiger partial charge in [-0.05, 0) is 38.5 Å². The van der Waals surface area contributed by atoms with Gasteiger partial charge >= 0.3 is 11.9 Å². The Bertz CT molecular complexity index is 458. The van der Waals surface area contributed by atoms with Gasteiger partial charge < -0.3 is 9.84 Å². The van der Waals surface area contributed by atoms with E-state index >= 15 is 0 Å². The van der Waals surface area contributed by atoms with Crippen LogP contribution in [0, 0.1) is 0 Å². The zero-order chi connectivity index (χ0) is 23.7. The Kier molecular flexibility index (Phi) is 23.3. The molecular weight excluding hydrogens is 400 g/mol. The van der Waals surface area contributed by atoms with E-state index in [9.17, 15) is 14.7 Å². The van der Waals surface area contributed by atoms with Gasteiger partial charge in [0.1, 0.15) is 0 Å². The first-order valence-electron chi connectivity index (χ1n) is 13.7. The molecule has 0 bridgehead atoms. The maximum absolute atomic E-state index is 12.0. The van der Waals surface area contributed by atoms with E-state index in [2.05, 4.69) is 26.0 Å². The smallest absolute Gasteiger partial charge is 0.345 e. The molecule has 0 aliphatic carbocycles. The van der Waals surface area contributed by atoms with E-state index in [1.807, 2.05) is 0 Å². The molecule has 0 aliphatic heterocycles. The first kappa shape index (κ1) is 30.7. The third kappa shape index (κ3) is 21.9. The summed E-state index contributed by atoms with van der Waals surface area (Å²) in [4.78, 5) is 23.4. The van der Waals surface area contributed by atoms with Gasteiger partial charge in [-0.1, -0.05) is 116 Å². The molecule has 4 heteroatoms. The monoisotopic (exact) mass is 452 g/mol. The standard InChI is InChI=1S/C28H52O4/c1-3-5-7-9-11-13-15-17-19-21-23-25-27(29)32-26(28(30)31)24-22-20-18-16-14-12-10-8-6-4-2/h9,11,26H,3-8,10,12-25H2,1-2H3,(H,30,31)/b11-9-. The van der Waals surface area contributed by atoms with Crippen molar-refractivity contribution in [1.82, 2.24) is 0 Å². The SMILES string of the molecule is CCCC/C=C\CCCCCCCC(=O)OC(CCCCCCCCCCCC)C(=O)O. The Morgan fingerprint density at radius 2 is 1.12 bits per heavy atom. The summed E-state index contributed by atoms with van der Waals surface area (Å²) < 4.78 is 5.24. The van der Waals surface area contributed by atoms with Gasteiger partial charge in [0.25, 0.3) is 0 Å². The van der Waals surface area contributed by atoms with E-state index in [-0.39, 0.29) is 5.97 Å². The maximum Gasteiger partial charge on any atom is 0.345 e. The topological polar surface area (TPSA) is 63.6 Å². The Morgan fingerprint density at radius 1 is 0.656 bits per heavy atom. The predicted octanol–water partition coefficient (Wildman–Crippen LogP) is 8.77. The molecule has 0 aromatic rings. The molecule has 0 radical (unpaired) electrons. The van der Waals surface area contributed by atoms with E-state index < -0.39 is 12.1 Å². The molecule has 0 aromatic carbocycles.